The predicted octanol–water partition coefficient (Wildman–Crippen LogP) is 18.0. The lowest BCUT2D eigenvalue weighted by Crippen LogP contribution is -2.29. The van der Waals surface area contributed by atoms with Crippen molar-refractivity contribution in [3.05, 3.63) is 277 Å². The first-order valence-electron chi connectivity index (χ1n) is 23.4. The Labute approximate surface area is 389 Å². The quantitative estimate of drug-likeness (QED) is 0.120. The molecule has 67 heavy (non-hydrogen) atoms. The Balaban J connectivity index is 1.04. The third kappa shape index (κ3) is 5.36. The average Bonchev–Trinajstić information content (AvgIpc) is 3.73. The first kappa shape index (κ1) is 37.8. The van der Waals surface area contributed by atoms with Crippen LogP contribution in [0.2, 0.25) is 0 Å². The summed E-state index contributed by atoms with van der Waals surface area (Å²) in [5.74, 6) is 0. The van der Waals surface area contributed by atoms with Crippen molar-refractivity contribution in [3.8, 4) is 44.5 Å². The molecule has 14 rings (SSSR count). The minimum absolute atomic E-state index is 0.584. The zero-order valence-corrected chi connectivity index (χ0v) is 36.7. The van der Waals surface area contributed by atoms with E-state index in [1.807, 2.05) is 0 Å². The van der Waals surface area contributed by atoms with Crippen LogP contribution in [0.4, 0.5) is 0 Å². The predicted molar refractivity (Wildman–Crippen MR) is 285 cm³/mol. The summed E-state index contributed by atoms with van der Waals surface area (Å²) in [6.45, 7) is 0. The largest absolute Gasteiger partial charge is 0.0725 e. The fourth-order valence-corrected chi connectivity index (χ4v) is 12.3. The monoisotopic (exact) mass is 846 g/mol. The van der Waals surface area contributed by atoms with E-state index in [9.17, 15) is 0 Å². The molecular weight excluding hydrogens is 805 g/mol. The lowest BCUT2D eigenvalue weighted by molar-refractivity contribution is 0.783. The van der Waals surface area contributed by atoms with Crippen LogP contribution in [0.5, 0.6) is 0 Å². The van der Waals surface area contributed by atoms with Gasteiger partial charge in [0.05, 0.1) is 5.41 Å². The molecule has 310 valence electrons. The van der Waals surface area contributed by atoms with Gasteiger partial charge in [0.25, 0.3) is 0 Å². The molecule has 0 fully saturated rings. The van der Waals surface area contributed by atoms with E-state index in [4.69, 9.17) is 0 Å². The molecule has 0 heteroatoms. The Morgan fingerprint density at radius 3 is 1.19 bits per heavy atom. The average molecular weight is 847 g/mol. The molecule has 1 aliphatic carbocycles. The Morgan fingerprint density at radius 1 is 0.209 bits per heavy atom. The summed E-state index contributed by atoms with van der Waals surface area (Å²) in [5, 5.41) is 15.2. The fraction of sp³-hybridized carbons (Fsp3) is 0.0149. The van der Waals surface area contributed by atoms with Gasteiger partial charge in [0.2, 0.25) is 0 Å². The molecule has 0 unspecified atom stereocenters. The number of hydrogen-bond donors (Lipinski definition) is 0. The van der Waals surface area contributed by atoms with Crippen molar-refractivity contribution in [1.82, 2.24) is 0 Å². The summed E-state index contributed by atoms with van der Waals surface area (Å²) >= 11 is 0. The molecule has 0 radical (unpaired) electrons. The molecule has 13 aromatic rings. The molecule has 0 aliphatic heterocycles. The van der Waals surface area contributed by atoms with Gasteiger partial charge in [-0.15, -0.1) is 0 Å². The fourth-order valence-electron chi connectivity index (χ4n) is 12.3. The van der Waals surface area contributed by atoms with Gasteiger partial charge in [-0.2, -0.15) is 0 Å². The van der Waals surface area contributed by atoms with Crippen molar-refractivity contribution in [2.45, 2.75) is 5.41 Å². The van der Waals surface area contributed by atoms with Gasteiger partial charge in [0.1, 0.15) is 0 Å². The second-order valence-corrected chi connectivity index (χ2v) is 18.2. The van der Waals surface area contributed by atoms with Crippen molar-refractivity contribution < 1.29 is 0 Å². The van der Waals surface area contributed by atoms with E-state index in [0.29, 0.717) is 0 Å². The Morgan fingerprint density at radius 2 is 0.612 bits per heavy atom. The van der Waals surface area contributed by atoms with Crippen LogP contribution in [0.3, 0.4) is 0 Å². The normalized spacial score (nSPS) is 12.9. The number of fused-ring (bicyclic) bond motifs is 13. The second-order valence-electron chi connectivity index (χ2n) is 18.2. The van der Waals surface area contributed by atoms with Gasteiger partial charge in [-0.1, -0.05) is 249 Å². The van der Waals surface area contributed by atoms with Gasteiger partial charge < -0.3 is 0 Å². The number of hydrogen-bond acceptors (Lipinski definition) is 0. The number of benzene rings is 13. The molecule has 0 saturated carbocycles. The van der Waals surface area contributed by atoms with Crippen LogP contribution >= 0.6 is 0 Å². The van der Waals surface area contributed by atoms with Crippen LogP contribution in [0.25, 0.3) is 109 Å². The van der Waals surface area contributed by atoms with E-state index in [0.717, 1.165) is 0 Å². The van der Waals surface area contributed by atoms with Crippen molar-refractivity contribution in [3.63, 3.8) is 0 Å². The van der Waals surface area contributed by atoms with Crippen LogP contribution < -0.4 is 0 Å². The summed E-state index contributed by atoms with van der Waals surface area (Å²) in [4.78, 5) is 0. The Bertz CT molecular complexity index is 4020. The zero-order valence-electron chi connectivity index (χ0n) is 36.7. The molecule has 0 nitrogen and oxygen atoms in total. The molecular formula is C67H42. The molecule has 0 bridgehead atoms. The highest BCUT2D eigenvalue weighted by Gasteiger charge is 2.49. The summed E-state index contributed by atoms with van der Waals surface area (Å²) in [6.07, 6.45) is 0. The molecule has 0 aromatic heterocycles. The minimum atomic E-state index is -0.584. The van der Waals surface area contributed by atoms with Crippen LogP contribution in [-0.2, 0) is 5.41 Å². The van der Waals surface area contributed by atoms with Crippen molar-refractivity contribution in [2.75, 3.05) is 0 Å². The molecule has 0 atom stereocenters. The summed E-state index contributed by atoms with van der Waals surface area (Å²) in [6, 6.07) is 95.3. The smallest absolute Gasteiger partial charge is 0.0622 e. The van der Waals surface area contributed by atoms with Gasteiger partial charge >= 0.3 is 0 Å². The van der Waals surface area contributed by atoms with E-state index in [1.54, 1.807) is 0 Å². The summed E-state index contributed by atoms with van der Waals surface area (Å²) in [5.41, 5.74) is 14.8. The second kappa shape index (κ2) is 14.7. The van der Waals surface area contributed by atoms with E-state index in [2.05, 4.69) is 255 Å². The lowest BCUT2D eigenvalue weighted by Gasteiger charge is -2.35. The molecule has 0 spiro atoms. The van der Waals surface area contributed by atoms with Crippen molar-refractivity contribution in [2.24, 2.45) is 0 Å². The molecule has 0 heterocycles. The Hall–Kier alpha value is -8.58. The van der Waals surface area contributed by atoms with Crippen LogP contribution in [0.1, 0.15) is 22.3 Å². The van der Waals surface area contributed by atoms with Gasteiger partial charge in [-0.3, -0.25) is 0 Å². The molecule has 13 aromatic carbocycles. The molecule has 0 amide bonds. The topological polar surface area (TPSA) is 0 Å². The maximum Gasteiger partial charge on any atom is 0.0725 e. The van der Waals surface area contributed by atoms with Crippen molar-refractivity contribution >= 4 is 64.6 Å². The van der Waals surface area contributed by atoms with E-state index < -0.39 is 5.41 Å². The highest BCUT2D eigenvalue weighted by Crippen LogP contribution is 2.62. The van der Waals surface area contributed by atoms with E-state index in [-0.39, 0.29) is 0 Å². The first-order chi connectivity index (χ1) is 33.3. The SMILES string of the molecule is c1ccc(C2(c3ccccc3)c3c(cc(-c4ccc(-c5c6ccccc6c(-c6cccc7ccccc67)c6ccccc56)cc4)c4ccccc34)-c3c2c2ccccc2c2ccccc32)cc1. The van der Waals surface area contributed by atoms with Crippen LogP contribution in [0.15, 0.2) is 255 Å². The maximum atomic E-state index is 2.53. The van der Waals surface area contributed by atoms with Crippen LogP contribution in [-0.4, -0.2) is 0 Å². The van der Waals surface area contributed by atoms with E-state index in [1.165, 1.54) is 131 Å². The van der Waals surface area contributed by atoms with Crippen LogP contribution in [0, 0.1) is 0 Å². The molecule has 0 saturated heterocycles. The minimum Gasteiger partial charge on any atom is -0.0622 e. The highest BCUT2D eigenvalue weighted by molar-refractivity contribution is 6.24. The van der Waals surface area contributed by atoms with Gasteiger partial charge in [0.15, 0.2) is 0 Å². The Kier molecular flexibility index (Phi) is 8.30. The van der Waals surface area contributed by atoms with E-state index >= 15 is 0 Å². The van der Waals surface area contributed by atoms with Crippen molar-refractivity contribution in [1.29, 1.82) is 0 Å². The first-order valence-corrected chi connectivity index (χ1v) is 23.4. The summed E-state index contributed by atoms with van der Waals surface area (Å²) in [7, 11) is 0. The third-order valence-corrected chi connectivity index (χ3v) is 14.9. The zero-order chi connectivity index (χ0) is 44.1. The lowest BCUT2D eigenvalue weighted by atomic mass is 9.65. The van der Waals surface area contributed by atoms with Gasteiger partial charge in [-0.05, 0) is 137 Å². The number of rotatable bonds is 5. The third-order valence-electron chi connectivity index (χ3n) is 14.9. The summed E-state index contributed by atoms with van der Waals surface area (Å²) < 4.78 is 0. The van der Waals surface area contributed by atoms with Gasteiger partial charge in [0, 0.05) is 0 Å². The standard InChI is InChI=1S/C67H42/c1-3-22-46(23-4-1)67(47-24-5-2-6-25-47)65-58-35-17-11-29-51(58)60(42-61(65)64-53-30-12-9-27-49(53)50-28-10-18-36-59(50)66(64)67)44-38-40-45(41-39-44)62-54-31-13-15-33-56(54)63(57-34-16-14-32-55(57)62)52-37-19-21-43-20-7-8-26-48(43)52/h1-42H. The maximum absolute atomic E-state index is 2.53. The molecule has 1 aliphatic rings. The van der Waals surface area contributed by atoms with Gasteiger partial charge in [-0.25, -0.2) is 0 Å². The highest BCUT2D eigenvalue weighted by atomic mass is 14.5. The molecule has 0 N–H and O–H groups in total.